The normalized spacial score (nSPS) is 17.9. The van der Waals surface area contributed by atoms with Crippen molar-refractivity contribution < 1.29 is 4.79 Å². The van der Waals surface area contributed by atoms with Crippen molar-refractivity contribution in [2.45, 2.75) is 51.9 Å². The predicted octanol–water partition coefficient (Wildman–Crippen LogP) is 2.94. The van der Waals surface area contributed by atoms with Crippen LogP contribution in [0.2, 0.25) is 0 Å². The topological polar surface area (TPSA) is 17.1 Å². The number of hydrogen-bond acceptors (Lipinski definition) is 1. The third kappa shape index (κ3) is 3.04. The van der Waals surface area contributed by atoms with Crippen LogP contribution in [0.15, 0.2) is 0 Å². The third-order valence-electron chi connectivity index (χ3n) is 2.55. The average Bonchev–Trinajstić information content (AvgIpc) is 1.93. The molecule has 64 valence electrons. The highest BCUT2D eigenvalue weighted by atomic mass is 16.1. The number of carbonyl (C=O) groups is 1. The van der Waals surface area contributed by atoms with Crippen LogP contribution in [0.25, 0.3) is 0 Å². The van der Waals surface area contributed by atoms with E-state index in [-0.39, 0.29) is 0 Å². The molecule has 0 aromatic carbocycles. The molecule has 0 aliphatic heterocycles. The van der Waals surface area contributed by atoms with E-state index >= 15 is 0 Å². The van der Waals surface area contributed by atoms with Gasteiger partial charge in [0, 0.05) is 12.8 Å². The lowest BCUT2D eigenvalue weighted by Crippen LogP contribution is -2.15. The molecule has 1 rings (SSSR count). The van der Waals surface area contributed by atoms with E-state index in [0.717, 1.165) is 31.6 Å². The number of carbonyl (C=O) groups excluding carboxylic acids is 1. The molecular formula is C10H18O. The van der Waals surface area contributed by atoms with Crippen LogP contribution < -0.4 is 0 Å². The summed E-state index contributed by atoms with van der Waals surface area (Å²) in [5, 5.41) is 0. The summed E-state index contributed by atoms with van der Waals surface area (Å²) >= 11 is 0. The Bertz CT molecular complexity index is 125. The van der Waals surface area contributed by atoms with Crippen molar-refractivity contribution in [2.75, 3.05) is 0 Å². The lowest BCUT2D eigenvalue weighted by molar-refractivity contribution is -0.120. The molecule has 1 heteroatoms. The molecule has 0 amide bonds. The number of rotatable bonds is 5. The fourth-order valence-electron chi connectivity index (χ4n) is 1.49. The van der Waals surface area contributed by atoms with Gasteiger partial charge in [-0.3, -0.25) is 4.79 Å². The van der Waals surface area contributed by atoms with E-state index in [0.29, 0.717) is 5.78 Å². The molecule has 11 heavy (non-hydrogen) atoms. The summed E-state index contributed by atoms with van der Waals surface area (Å²) in [6.07, 6.45) is 7.90. The summed E-state index contributed by atoms with van der Waals surface area (Å²) in [7, 11) is 0. The van der Waals surface area contributed by atoms with Gasteiger partial charge in [-0.05, 0) is 12.3 Å². The molecule has 1 saturated carbocycles. The second-order valence-electron chi connectivity index (χ2n) is 3.64. The maximum atomic E-state index is 11.2. The van der Waals surface area contributed by atoms with Gasteiger partial charge in [0.15, 0.2) is 0 Å². The minimum absolute atomic E-state index is 0.497. The highest BCUT2D eigenvalue weighted by molar-refractivity contribution is 5.78. The summed E-state index contributed by atoms with van der Waals surface area (Å²) in [6, 6.07) is 0. The molecule has 0 atom stereocenters. The highest BCUT2D eigenvalue weighted by Crippen LogP contribution is 2.29. The van der Waals surface area contributed by atoms with Gasteiger partial charge in [0.1, 0.15) is 5.78 Å². The van der Waals surface area contributed by atoms with Crippen molar-refractivity contribution >= 4 is 5.78 Å². The van der Waals surface area contributed by atoms with E-state index in [9.17, 15) is 4.79 Å². The number of ketones is 1. The first-order valence-corrected chi connectivity index (χ1v) is 4.84. The molecule has 1 aliphatic carbocycles. The Labute approximate surface area is 69.2 Å². The van der Waals surface area contributed by atoms with Crippen molar-refractivity contribution in [1.29, 1.82) is 0 Å². The standard InChI is InChI=1S/C10H18O/c1-2-3-7-10(11)8-9-5-4-6-9/h9H,2-8H2,1H3. The van der Waals surface area contributed by atoms with Crippen molar-refractivity contribution in [3.63, 3.8) is 0 Å². The molecule has 0 bridgehead atoms. The smallest absolute Gasteiger partial charge is 0.133 e. The van der Waals surface area contributed by atoms with Crippen molar-refractivity contribution in [3.8, 4) is 0 Å². The summed E-state index contributed by atoms with van der Waals surface area (Å²) in [6.45, 7) is 2.14. The van der Waals surface area contributed by atoms with E-state index in [1.165, 1.54) is 19.3 Å². The Morgan fingerprint density at radius 2 is 2.18 bits per heavy atom. The maximum Gasteiger partial charge on any atom is 0.133 e. The van der Waals surface area contributed by atoms with Crippen molar-refractivity contribution in [1.82, 2.24) is 0 Å². The molecule has 0 saturated heterocycles. The molecule has 0 heterocycles. The zero-order chi connectivity index (χ0) is 8.10. The first kappa shape index (κ1) is 8.76. The first-order chi connectivity index (χ1) is 5.33. The van der Waals surface area contributed by atoms with Crippen LogP contribution in [0, 0.1) is 5.92 Å². The van der Waals surface area contributed by atoms with Gasteiger partial charge < -0.3 is 0 Å². The summed E-state index contributed by atoms with van der Waals surface area (Å²) < 4.78 is 0. The van der Waals surface area contributed by atoms with Gasteiger partial charge in [0.05, 0.1) is 0 Å². The lowest BCUT2D eigenvalue weighted by Gasteiger charge is -2.24. The summed E-state index contributed by atoms with van der Waals surface area (Å²) in [5.41, 5.74) is 0. The quantitative estimate of drug-likeness (QED) is 0.595. The van der Waals surface area contributed by atoms with Crippen molar-refractivity contribution in [3.05, 3.63) is 0 Å². The molecule has 1 fully saturated rings. The minimum atomic E-state index is 0.497. The van der Waals surface area contributed by atoms with Crippen LogP contribution in [-0.4, -0.2) is 5.78 Å². The second-order valence-corrected chi connectivity index (χ2v) is 3.64. The van der Waals surface area contributed by atoms with Crippen LogP contribution in [0.3, 0.4) is 0 Å². The summed E-state index contributed by atoms with van der Waals surface area (Å²) in [5.74, 6) is 1.26. The fourth-order valence-corrected chi connectivity index (χ4v) is 1.49. The largest absolute Gasteiger partial charge is 0.300 e. The third-order valence-corrected chi connectivity index (χ3v) is 2.55. The highest BCUT2D eigenvalue weighted by Gasteiger charge is 2.19. The van der Waals surface area contributed by atoms with Gasteiger partial charge in [0.2, 0.25) is 0 Å². The van der Waals surface area contributed by atoms with Gasteiger partial charge >= 0.3 is 0 Å². The minimum Gasteiger partial charge on any atom is -0.300 e. The monoisotopic (exact) mass is 154 g/mol. The molecule has 1 aliphatic rings. The number of unbranched alkanes of at least 4 members (excludes halogenated alkanes) is 1. The van der Waals surface area contributed by atoms with E-state index in [4.69, 9.17) is 0 Å². The molecule has 1 nitrogen and oxygen atoms in total. The number of hydrogen-bond donors (Lipinski definition) is 0. The van der Waals surface area contributed by atoms with Crippen LogP contribution in [-0.2, 0) is 4.79 Å². The van der Waals surface area contributed by atoms with Crippen LogP contribution in [0.1, 0.15) is 51.9 Å². The molecular weight excluding hydrogens is 136 g/mol. The Balaban J connectivity index is 2.00. The van der Waals surface area contributed by atoms with Gasteiger partial charge in [0.25, 0.3) is 0 Å². The van der Waals surface area contributed by atoms with E-state index < -0.39 is 0 Å². The summed E-state index contributed by atoms with van der Waals surface area (Å²) in [4.78, 5) is 11.2. The van der Waals surface area contributed by atoms with Crippen molar-refractivity contribution in [2.24, 2.45) is 5.92 Å². The molecule has 0 spiro atoms. The van der Waals surface area contributed by atoms with E-state index in [1.807, 2.05) is 0 Å². The van der Waals surface area contributed by atoms with Crippen LogP contribution in [0.5, 0.6) is 0 Å². The fraction of sp³-hybridized carbons (Fsp3) is 0.900. The van der Waals surface area contributed by atoms with E-state index in [2.05, 4.69) is 6.92 Å². The van der Waals surface area contributed by atoms with E-state index in [1.54, 1.807) is 0 Å². The Morgan fingerprint density at radius 1 is 1.45 bits per heavy atom. The molecule has 0 unspecified atom stereocenters. The average molecular weight is 154 g/mol. The molecule has 0 aromatic rings. The van der Waals surface area contributed by atoms with Gasteiger partial charge in [-0.15, -0.1) is 0 Å². The Hall–Kier alpha value is -0.330. The zero-order valence-electron chi connectivity index (χ0n) is 7.44. The molecule has 0 aromatic heterocycles. The Kier molecular flexibility index (Phi) is 3.61. The van der Waals surface area contributed by atoms with Gasteiger partial charge in [-0.2, -0.15) is 0 Å². The zero-order valence-corrected chi connectivity index (χ0v) is 7.44. The molecule has 0 radical (unpaired) electrons. The van der Waals surface area contributed by atoms with Crippen LogP contribution >= 0.6 is 0 Å². The second kappa shape index (κ2) is 4.53. The SMILES string of the molecule is CCCCC(=O)CC1CCC1. The predicted molar refractivity (Wildman–Crippen MR) is 46.5 cm³/mol. The lowest BCUT2D eigenvalue weighted by atomic mass is 9.81. The number of Topliss-reactive ketones (excluding diaryl/α,β-unsaturated/α-hetero) is 1. The van der Waals surface area contributed by atoms with Gasteiger partial charge in [-0.1, -0.05) is 32.6 Å². The Morgan fingerprint density at radius 3 is 2.64 bits per heavy atom. The van der Waals surface area contributed by atoms with Crippen LogP contribution in [0.4, 0.5) is 0 Å². The van der Waals surface area contributed by atoms with Gasteiger partial charge in [-0.25, -0.2) is 0 Å². The maximum absolute atomic E-state index is 11.2. The first-order valence-electron chi connectivity index (χ1n) is 4.84. The molecule has 0 N–H and O–H groups in total.